The summed E-state index contributed by atoms with van der Waals surface area (Å²) in [6.45, 7) is 1.28. The summed E-state index contributed by atoms with van der Waals surface area (Å²) in [5.41, 5.74) is 0. The van der Waals surface area contributed by atoms with E-state index in [-0.39, 0.29) is 6.61 Å². The molecule has 3 atom stereocenters. The monoisotopic (exact) mass is 526 g/mol. The summed E-state index contributed by atoms with van der Waals surface area (Å²) in [6, 6.07) is 0. The van der Waals surface area contributed by atoms with Crippen molar-refractivity contribution < 1.29 is 38.6 Å². The van der Waals surface area contributed by atoms with Crippen molar-refractivity contribution in [2.45, 2.75) is 135 Å². The molecule has 0 saturated carbocycles. The van der Waals surface area contributed by atoms with Crippen LogP contribution in [-0.4, -0.2) is 65.5 Å². The van der Waals surface area contributed by atoms with Crippen molar-refractivity contribution in [3.8, 4) is 0 Å². The quantitative estimate of drug-likeness (QED) is 0.0734. The first-order valence-corrected chi connectivity index (χ1v) is 15.6. The molecule has 0 aliphatic heterocycles. The van der Waals surface area contributed by atoms with Crippen LogP contribution in [0.5, 0.6) is 0 Å². The van der Waals surface area contributed by atoms with Crippen LogP contribution in [0.4, 0.5) is 0 Å². The fourth-order valence-corrected chi connectivity index (χ4v) is 4.62. The number of hydrogen-bond acceptors (Lipinski definition) is 7. The summed E-state index contributed by atoms with van der Waals surface area (Å²) in [5.74, 6) is 0. The van der Waals surface area contributed by atoms with E-state index in [0.717, 1.165) is 12.8 Å². The molecule has 212 valence electrons. The van der Waals surface area contributed by atoms with Gasteiger partial charge in [0.25, 0.3) is 0 Å². The van der Waals surface area contributed by atoms with Crippen molar-refractivity contribution in [2.24, 2.45) is 0 Å². The molecule has 0 aliphatic rings. The highest BCUT2D eigenvalue weighted by molar-refractivity contribution is 7.47. The second-order valence-corrected chi connectivity index (χ2v) is 11.1. The van der Waals surface area contributed by atoms with Crippen LogP contribution in [0.15, 0.2) is 0 Å². The minimum Gasteiger partial charge on any atom is -0.394 e. The molecule has 1 unspecified atom stereocenters. The van der Waals surface area contributed by atoms with Crippen LogP contribution in [0.3, 0.4) is 0 Å². The SMILES string of the molecule is CCCCCCCCCCCCCCCCCCCCOC[C@@H](O)COP(=O)(O)OC[C@@H](O)CO. The predicted octanol–water partition coefficient (Wildman–Crippen LogP) is 5.89. The lowest BCUT2D eigenvalue weighted by molar-refractivity contribution is -0.00437. The van der Waals surface area contributed by atoms with Gasteiger partial charge in [-0.2, -0.15) is 0 Å². The largest absolute Gasteiger partial charge is 0.472 e. The van der Waals surface area contributed by atoms with Gasteiger partial charge in [-0.1, -0.05) is 116 Å². The molecule has 0 fully saturated rings. The maximum atomic E-state index is 11.6. The summed E-state index contributed by atoms with van der Waals surface area (Å²) in [5, 5.41) is 27.5. The van der Waals surface area contributed by atoms with E-state index in [0.29, 0.717) is 6.61 Å². The molecule has 0 saturated heterocycles. The maximum Gasteiger partial charge on any atom is 0.472 e. The molecule has 0 heterocycles. The standard InChI is InChI=1S/C26H55O8P/c1-2-3-4-5-6-7-8-9-10-11-12-13-14-15-16-17-18-19-20-32-22-26(29)24-34-35(30,31)33-23-25(28)21-27/h25-29H,2-24H2,1H3,(H,30,31)/t25-,26+/m0/s1. The van der Waals surface area contributed by atoms with Crippen molar-refractivity contribution in [2.75, 3.05) is 33.0 Å². The van der Waals surface area contributed by atoms with Gasteiger partial charge in [0.15, 0.2) is 0 Å². The first-order chi connectivity index (χ1) is 16.9. The number of phosphoric acid groups is 1. The second kappa shape index (κ2) is 25.6. The third-order valence-electron chi connectivity index (χ3n) is 6.02. The molecular formula is C26H55O8P. The summed E-state index contributed by atoms with van der Waals surface area (Å²) >= 11 is 0. The van der Waals surface area contributed by atoms with Crippen LogP contribution in [0, 0.1) is 0 Å². The molecule has 0 rings (SSSR count). The highest BCUT2D eigenvalue weighted by Gasteiger charge is 2.24. The van der Waals surface area contributed by atoms with Gasteiger partial charge in [0.05, 0.1) is 26.4 Å². The van der Waals surface area contributed by atoms with Crippen molar-refractivity contribution in [3.05, 3.63) is 0 Å². The molecule has 0 spiro atoms. The third-order valence-corrected chi connectivity index (χ3v) is 6.97. The lowest BCUT2D eigenvalue weighted by atomic mass is 10.0. The molecule has 35 heavy (non-hydrogen) atoms. The number of aliphatic hydroxyl groups excluding tert-OH is 3. The van der Waals surface area contributed by atoms with Crippen LogP contribution in [0.25, 0.3) is 0 Å². The molecule has 8 nitrogen and oxygen atoms in total. The van der Waals surface area contributed by atoms with Crippen LogP contribution >= 0.6 is 7.82 Å². The van der Waals surface area contributed by atoms with Crippen molar-refractivity contribution >= 4 is 7.82 Å². The lowest BCUT2D eigenvalue weighted by Crippen LogP contribution is -2.23. The average molecular weight is 527 g/mol. The zero-order valence-corrected chi connectivity index (χ0v) is 23.2. The topological polar surface area (TPSA) is 126 Å². The van der Waals surface area contributed by atoms with Gasteiger partial charge in [0, 0.05) is 6.61 Å². The predicted molar refractivity (Wildman–Crippen MR) is 140 cm³/mol. The lowest BCUT2D eigenvalue weighted by Gasteiger charge is -2.16. The molecule has 0 aliphatic carbocycles. The molecule has 0 bridgehead atoms. The zero-order valence-electron chi connectivity index (χ0n) is 22.3. The van der Waals surface area contributed by atoms with Crippen LogP contribution in [0.2, 0.25) is 0 Å². The molecular weight excluding hydrogens is 471 g/mol. The molecule has 4 N–H and O–H groups in total. The molecule has 0 aromatic rings. The van der Waals surface area contributed by atoms with E-state index in [1.165, 1.54) is 103 Å². The molecule has 0 aromatic carbocycles. The van der Waals surface area contributed by atoms with Gasteiger partial charge < -0.3 is 24.9 Å². The smallest absolute Gasteiger partial charge is 0.394 e. The van der Waals surface area contributed by atoms with Crippen LogP contribution in [-0.2, 0) is 18.3 Å². The maximum absolute atomic E-state index is 11.6. The molecule has 0 amide bonds. The van der Waals surface area contributed by atoms with Gasteiger partial charge in [-0.15, -0.1) is 0 Å². The first-order valence-electron chi connectivity index (χ1n) is 14.1. The Morgan fingerprint density at radius 2 is 0.971 bits per heavy atom. The number of unbranched alkanes of at least 4 members (excludes halogenated alkanes) is 17. The molecule has 0 radical (unpaired) electrons. The highest BCUT2D eigenvalue weighted by Crippen LogP contribution is 2.43. The fraction of sp³-hybridized carbons (Fsp3) is 1.00. The van der Waals surface area contributed by atoms with Gasteiger partial charge >= 0.3 is 7.82 Å². The first kappa shape index (κ1) is 35.0. The van der Waals surface area contributed by atoms with Gasteiger partial charge in [0.2, 0.25) is 0 Å². The number of hydrogen-bond donors (Lipinski definition) is 4. The van der Waals surface area contributed by atoms with E-state index in [9.17, 15) is 14.6 Å². The van der Waals surface area contributed by atoms with E-state index in [1.807, 2.05) is 0 Å². The van der Waals surface area contributed by atoms with Gasteiger partial charge in [0.1, 0.15) is 12.2 Å². The van der Waals surface area contributed by atoms with Crippen LogP contribution < -0.4 is 0 Å². The summed E-state index contributed by atoms with van der Waals surface area (Å²) in [7, 11) is -4.38. The Kier molecular flexibility index (Phi) is 25.6. The van der Waals surface area contributed by atoms with Gasteiger partial charge in [-0.05, 0) is 6.42 Å². The Labute approximate surface area is 214 Å². The van der Waals surface area contributed by atoms with Gasteiger partial charge in [-0.3, -0.25) is 9.05 Å². The molecule has 0 aromatic heterocycles. The Morgan fingerprint density at radius 3 is 1.37 bits per heavy atom. The summed E-state index contributed by atoms with van der Waals surface area (Å²) < 4.78 is 26.1. The fourth-order valence-electron chi connectivity index (χ4n) is 3.82. The normalized spacial score (nSPS) is 15.2. The van der Waals surface area contributed by atoms with E-state index in [4.69, 9.17) is 14.9 Å². The van der Waals surface area contributed by atoms with Crippen LogP contribution in [0.1, 0.15) is 122 Å². The van der Waals surface area contributed by atoms with E-state index in [1.54, 1.807) is 0 Å². The zero-order chi connectivity index (χ0) is 26.0. The van der Waals surface area contributed by atoms with E-state index >= 15 is 0 Å². The highest BCUT2D eigenvalue weighted by atomic mass is 31.2. The summed E-state index contributed by atoms with van der Waals surface area (Å²) in [4.78, 5) is 9.41. The Morgan fingerprint density at radius 1 is 0.600 bits per heavy atom. The number of phosphoric ester groups is 1. The van der Waals surface area contributed by atoms with Gasteiger partial charge in [-0.25, -0.2) is 4.57 Å². The third kappa shape index (κ3) is 26.8. The van der Waals surface area contributed by atoms with Crippen molar-refractivity contribution in [1.82, 2.24) is 0 Å². The second-order valence-electron chi connectivity index (χ2n) is 9.64. The van der Waals surface area contributed by atoms with E-state index in [2.05, 4.69) is 16.0 Å². The average Bonchev–Trinajstić information content (AvgIpc) is 2.85. The minimum absolute atomic E-state index is 0.0121. The number of aliphatic hydroxyl groups is 3. The Balaban J connectivity index is 3.30. The minimum atomic E-state index is -4.38. The Hall–Kier alpha value is -0.0500. The van der Waals surface area contributed by atoms with Crippen molar-refractivity contribution in [1.29, 1.82) is 0 Å². The van der Waals surface area contributed by atoms with E-state index < -0.39 is 39.9 Å². The number of ether oxygens (including phenoxy) is 1. The summed E-state index contributed by atoms with van der Waals surface area (Å²) in [6.07, 6.45) is 21.6. The van der Waals surface area contributed by atoms with Crippen molar-refractivity contribution in [3.63, 3.8) is 0 Å². The molecule has 9 heteroatoms. The number of rotatable bonds is 28. The Bertz CT molecular complexity index is 480.